The first kappa shape index (κ1) is 41.3. The molecular formula is C56H58N4O. The number of aromatic hydroxyl groups is 1. The average Bonchev–Trinajstić information content (AvgIpc) is 3.90. The smallest absolute Gasteiger partial charge is 0.148 e. The standard InChI is InChI=1S/C56H58N4O/c1-36(2)48-30-43(40-20-12-9-13-21-40)31-49(37(3)4)53(48)59-34-45(57-55(59)42-24-16-11-17-25-42)28-29-46-35-60(56(58-46)47-26-18-19-27-52(47)61)54-50(38(5)6)32-44(33-51(54)39(7)8)41-22-14-10-15-23-41/h9-27,30-39,61H,28-29H2,1-8H3. The molecule has 0 bridgehead atoms. The van der Waals surface area contributed by atoms with Gasteiger partial charge in [0, 0.05) is 18.0 Å². The third-order valence-corrected chi connectivity index (χ3v) is 11.8. The van der Waals surface area contributed by atoms with Crippen LogP contribution in [0.15, 0.2) is 152 Å². The molecule has 0 spiro atoms. The minimum Gasteiger partial charge on any atom is -0.507 e. The van der Waals surface area contributed by atoms with Crippen LogP contribution in [0.5, 0.6) is 5.75 Å². The molecule has 308 valence electrons. The Labute approximate surface area is 362 Å². The zero-order valence-electron chi connectivity index (χ0n) is 36.9. The first-order chi connectivity index (χ1) is 29.5. The molecule has 0 fully saturated rings. The molecule has 0 aliphatic rings. The third-order valence-electron chi connectivity index (χ3n) is 11.8. The number of rotatable bonds is 13. The summed E-state index contributed by atoms with van der Waals surface area (Å²) >= 11 is 0. The van der Waals surface area contributed by atoms with E-state index < -0.39 is 0 Å². The first-order valence-electron chi connectivity index (χ1n) is 22.0. The lowest BCUT2D eigenvalue weighted by Gasteiger charge is -2.24. The molecule has 2 aromatic heterocycles. The average molecular weight is 803 g/mol. The van der Waals surface area contributed by atoms with Gasteiger partial charge in [0.2, 0.25) is 0 Å². The summed E-state index contributed by atoms with van der Waals surface area (Å²) in [5, 5.41) is 11.3. The zero-order valence-corrected chi connectivity index (χ0v) is 36.9. The van der Waals surface area contributed by atoms with Crippen LogP contribution < -0.4 is 0 Å². The van der Waals surface area contributed by atoms with Crippen LogP contribution in [0.25, 0.3) is 56.4 Å². The molecular weight excluding hydrogens is 745 g/mol. The van der Waals surface area contributed by atoms with Crippen molar-refractivity contribution in [3.63, 3.8) is 0 Å². The predicted molar refractivity (Wildman–Crippen MR) is 254 cm³/mol. The van der Waals surface area contributed by atoms with Gasteiger partial charge < -0.3 is 5.11 Å². The highest BCUT2D eigenvalue weighted by molar-refractivity contribution is 5.74. The van der Waals surface area contributed by atoms with Gasteiger partial charge in [-0.05, 0) is 117 Å². The zero-order chi connectivity index (χ0) is 42.8. The van der Waals surface area contributed by atoms with Crippen LogP contribution in [0.4, 0.5) is 0 Å². The van der Waals surface area contributed by atoms with Gasteiger partial charge in [-0.1, -0.05) is 159 Å². The van der Waals surface area contributed by atoms with Gasteiger partial charge in [-0.3, -0.25) is 9.13 Å². The van der Waals surface area contributed by atoms with E-state index in [4.69, 9.17) is 9.97 Å². The minimum absolute atomic E-state index is 0.213. The van der Waals surface area contributed by atoms with Gasteiger partial charge in [-0.2, -0.15) is 0 Å². The van der Waals surface area contributed by atoms with E-state index in [9.17, 15) is 5.11 Å². The highest BCUT2D eigenvalue weighted by Gasteiger charge is 2.25. The number of hydrogen-bond donors (Lipinski definition) is 1. The van der Waals surface area contributed by atoms with E-state index in [1.165, 1.54) is 50.2 Å². The molecule has 0 atom stereocenters. The predicted octanol–water partition coefficient (Wildman–Crippen LogP) is 14.7. The maximum Gasteiger partial charge on any atom is 0.148 e. The highest BCUT2D eigenvalue weighted by Crippen LogP contribution is 2.41. The van der Waals surface area contributed by atoms with Gasteiger partial charge in [0.1, 0.15) is 17.4 Å². The highest BCUT2D eigenvalue weighted by atomic mass is 16.3. The van der Waals surface area contributed by atoms with Crippen molar-refractivity contribution in [2.24, 2.45) is 0 Å². The molecule has 0 aliphatic heterocycles. The summed E-state index contributed by atoms with van der Waals surface area (Å²) in [6, 6.07) is 48.9. The van der Waals surface area contributed by atoms with Crippen LogP contribution >= 0.6 is 0 Å². The normalized spacial score (nSPS) is 11.7. The van der Waals surface area contributed by atoms with Crippen molar-refractivity contribution in [3.8, 4) is 62.2 Å². The minimum atomic E-state index is 0.213. The van der Waals surface area contributed by atoms with E-state index in [0.29, 0.717) is 18.4 Å². The van der Waals surface area contributed by atoms with E-state index in [2.05, 4.69) is 192 Å². The monoisotopic (exact) mass is 802 g/mol. The Balaban J connectivity index is 1.25. The van der Waals surface area contributed by atoms with Crippen LogP contribution in [-0.4, -0.2) is 24.2 Å². The number of phenols is 1. The summed E-state index contributed by atoms with van der Waals surface area (Å²) in [6.07, 6.45) is 5.83. The second-order valence-corrected chi connectivity index (χ2v) is 17.6. The van der Waals surface area contributed by atoms with Gasteiger partial charge in [0.15, 0.2) is 0 Å². The number of aryl methyl sites for hydroxylation is 2. The van der Waals surface area contributed by atoms with Crippen molar-refractivity contribution >= 4 is 0 Å². The molecule has 61 heavy (non-hydrogen) atoms. The van der Waals surface area contributed by atoms with Crippen molar-refractivity contribution in [2.45, 2.75) is 91.9 Å². The summed E-state index contributed by atoms with van der Waals surface area (Å²) < 4.78 is 4.60. The van der Waals surface area contributed by atoms with E-state index in [1.807, 2.05) is 18.2 Å². The molecule has 0 aliphatic carbocycles. The second kappa shape index (κ2) is 17.6. The summed E-state index contributed by atoms with van der Waals surface area (Å²) in [6.45, 7) is 18.2. The summed E-state index contributed by atoms with van der Waals surface area (Å²) in [7, 11) is 0. The van der Waals surface area contributed by atoms with Crippen LogP contribution in [0.1, 0.15) is 113 Å². The Bertz CT molecular complexity index is 2700. The van der Waals surface area contributed by atoms with Gasteiger partial charge in [-0.25, -0.2) is 9.97 Å². The lowest BCUT2D eigenvalue weighted by Crippen LogP contribution is -2.09. The van der Waals surface area contributed by atoms with E-state index >= 15 is 0 Å². The first-order valence-corrected chi connectivity index (χ1v) is 22.0. The fourth-order valence-corrected chi connectivity index (χ4v) is 8.61. The molecule has 6 aromatic carbocycles. The lowest BCUT2D eigenvalue weighted by molar-refractivity contribution is 0.476. The number of para-hydroxylation sites is 1. The number of phenolic OH excluding ortho intramolecular Hbond substituents is 1. The Morgan fingerprint density at radius 3 is 1.15 bits per heavy atom. The summed E-state index contributed by atoms with van der Waals surface area (Å²) in [5.41, 5.74) is 16.1. The van der Waals surface area contributed by atoms with Gasteiger partial charge in [0.25, 0.3) is 0 Å². The topological polar surface area (TPSA) is 55.9 Å². The molecule has 0 unspecified atom stereocenters. The van der Waals surface area contributed by atoms with Crippen LogP contribution in [0, 0.1) is 0 Å². The number of nitrogens with zero attached hydrogens (tertiary/aromatic N) is 4. The van der Waals surface area contributed by atoms with Crippen molar-refractivity contribution in [3.05, 3.63) is 186 Å². The molecule has 5 heteroatoms. The van der Waals surface area contributed by atoms with Gasteiger partial charge >= 0.3 is 0 Å². The second-order valence-electron chi connectivity index (χ2n) is 17.6. The van der Waals surface area contributed by atoms with E-state index in [-0.39, 0.29) is 29.4 Å². The Kier molecular flexibility index (Phi) is 11.9. The number of benzene rings is 6. The van der Waals surface area contributed by atoms with Crippen molar-refractivity contribution in [1.29, 1.82) is 0 Å². The summed E-state index contributed by atoms with van der Waals surface area (Å²) in [5.74, 6) is 2.95. The quantitative estimate of drug-likeness (QED) is 0.126. The fraction of sp³-hybridized carbons (Fsp3) is 0.250. The molecule has 5 nitrogen and oxygen atoms in total. The molecule has 0 saturated carbocycles. The SMILES string of the molecule is CC(C)c1cc(-c2ccccc2)cc(C(C)C)c1-n1cc(CCc2cn(-c3c(C(C)C)cc(-c4ccccc4)cc3C(C)C)c(-c3ccccc3O)n2)nc1-c1ccccc1. The number of imidazole rings is 2. The molecule has 1 N–H and O–H groups in total. The van der Waals surface area contributed by atoms with E-state index in [0.717, 1.165) is 34.3 Å². The Morgan fingerprint density at radius 1 is 0.410 bits per heavy atom. The Hall–Kier alpha value is -6.46. The summed E-state index contributed by atoms with van der Waals surface area (Å²) in [4.78, 5) is 10.8. The van der Waals surface area contributed by atoms with Crippen LogP contribution in [0.3, 0.4) is 0 Å². The van der Waals surface area contributed by atoms with Gasteiger partial charge in [0.05, 0.1) is 28.3 Å². The fourth-order valence-electron chi connectivity index (χ4n) is 8.61. The maximum atomic E-state index is 11.3. The molecule has 0 saturated heterocycles. The molecule has 2 heterocycles. The maximum absolute atomic E-state index is 11.3. The lowest BCUT2D eigenvalue weighted by atomic mass is 9.88. The van der Waals surface area contributed by atoms with E-state index in [1.54, 1.807) is 6.07 Å². The number of hydrogen-bond acceptors (Lipinski definition) is 3. The Morgan fingerprint density at radius 2 is 0.754 bits per heavy atom. The molecule has 0 amide bonds. The van der Waals surface area contributed by atoms with Crippen molar-refractivity contribution in [1.82, 2.24) is 19.1 Å². The van der Waals surface area contributed by atoms with Crippen molar-refractivity contribution in [2.75, 3.05) is 0 Å². The molecule has 8 rings (SSSR count). The van der Waals surface area contributed by atoms with Crippen molar-refractivity contribution < 1.29 is 5.11 Å². The van der Waals surface area contributed by atoms with Crippen LogP contribution in [-0.2, 0) is 12.8 Å². The number of aromatic nitrogens is 4. The molecule has 0 radical (unpaired) electrons. The van der Waals surface area contributed by atoms with Gasteiger partial charge in [-0.15, -0.1) is 0 Å². The third kappa shape index (κ3) is 8.48. The largest absolute Gasteiger partial charge is 0.507 e. The molecule has 8 aromatic rings. The van der Waals surface area contributed by atoms with Crippen LogP contribution in [0.2, 0.25) is 0 Å².